The predicted octanol–water partition coefficient (Wildman–Crippen LogP) is 2.10. The van der Waals surface area contributed by atoms with Gasteiger partial charge in [-0.3, -0.25) is 9.59 Å². The summed E-state index contributed by atoms with van der Waals surface area (Å²) in [6.45, 7) is 2.99. The summed E-state index contributed by atoms with van der Waals surface area (Å²) < 4.78 is 10.6. The number of carbonyl (C=O) groups excluding carboxylic acids is 2. The van der Waals surface area contributed by atoms with Gasteiger partial charge in [0.2, 0.25) is 5.91 Å². The fourth-order valence-corrected chi connectivity index (χ4v) is 3.18. The standard InChI is InChI=1S/C15H19NO4S/c1-11(17)21-12-9-15(18)16(10-12)13-5-3-4-6-14(13)20-8-7-19-2/h3-6,12H,7-10H2,1-2H3. The van der Waals surface area contributed by atoms with E-state index in [4.69, 9.17) is 9.47 Å². The molecule has 1 aromatic carbocycles. The molecule has 1 unspecified atom stereocenters. The van der Waals surface area contributed by atoms with Crippen molar-refractivity contribution in [2.24, 2.45) is 0 Å². The minimum Gasteiger partial charge on any atom is -0.489 e. The molecule has 1 fully saturated rings. The largest absolute Gasteiger partial charge is 0.489 e. The normalized spacial score (nSPS) is 18.1. The molecule has 0 radical (unpaired) electrons. The van der Waals surface area contributed by atoms with E-state index in [0.717, 1.165) is 5.69 Å². The Morgan fingerprint density at radius 2 is 2.14 bits per heavy atom. The molecule has 0 saturated carbocycles. The van der Waals surface area contributed by atoms with E-state index in [1.165, 1.54) is 18.7 Å². The maximum Gasteiger partial charge on any atom is 0.228 e. The van der Waals surface area contributed by atoms with Crippen molar-refractivity contribution in [1.29, 1.82) is 0 Å². The summed E-state index contributed by atoms with van der Waals surface area (Å²) in [6.07, 6.45) is 0.386. The van der Waals surface area contributed by atoms with E-state index in [9.17, 15) is 9.59 Å². The van der Waals surface area contributed by atoms with E-state index in [-0.39, 0.29) is 16.3 Å². The Kier molecular flexibility index (Phi) is 5.64. The number of thioether (sulfide) groups is 1. The Morgan fingerprint density at radius 1 is 1.38 bits per heavy atom. The SMILES string of the molecule is COCCOc1ccccc1N1CC(SC(C)=O)CC1=O. The van der Waals surface area contributed by atoms with Gasteiger partial charge >= 0.3 is 0 Å². The lowest BCUT2D eigenvalue weighted by molar-refractivity contribution is -0.117. The number of benzene rings is 1. The van der Waals surface area contributed by atoms with Crippen molar-refractivity contribution in [2.75, 3.05) is 31.8 Å². The monoisotopic (exact) mass is 309 g/mol. The van der Waals surface area contributed by atoms with Gasteiger partial charge in [0.05, 0.1) is 12.3 Å². The van der Waals surface area contributed by atoms with E-state index >= 15 is 0 Å². The third-order valence-electron chi connectivity index (χ3n) is 3.12. The minimum absolute atomic E-state index is 0.0158. The topological polar surface area (TPSA) is 55.8 Å². The Labute approximate surface area is 128 Å². The summed E-state index contributed by atoms with van der Waals surface area (Å²) in [5.74, 6) is 0.688. The Bertz CT molecular complexity index is 520. The van der Waals surface area contributed by atoms with Crippen molar-refractivity contribution < 1.29 is 19.1 Å². The number of carbonyl (C=O) groups is 2. The van der Waals surface area contributed by atoms with E-state index in [0.29, 0.717) is 31.9 Å². The number of nitrogens with zero attached hydrogens (tertiary/aromatic N) is 1. The van der Waals surface area contributed by atoms with Gasteiger partial charge in [0.25, 0.3) is 0 Å². The van der Waals surface area contributed by atoms with Crippen LogP contribution in [0.25, 0.3) is 0 Å². The number of hydrogen-bond acceptors (Lipinski definition) is 5. The van der Waals surface area contributed by atoms with Crippen LogP contribution in [0.5, 0.6) is 5.75 Å². The fraction of sp³-hybridized carbons (Fsp3) is 0.467. The fourth-order valence-electron chi connectivity index (χ4n) is 2.26. The van der Waals surface area contributed by atoms with Crippen LogP contribution in [0.15, 0.2) is 24.3 Å². The van der Waals surface area contributed by atoms with E-state index in [1.807, 2.05) is 24.3 Å². The summed E-state index contributed by atoms with van der Waals surface area (Å²) in [7, 11) is 1.61. The molecule has 6 heteroatoms. The van der Waals surface area contributed by atoms with Crippen molar-refractivity contribution in [1.82, 2.24) is 0 Å². The van der Waals surface area contributed by atoms with Crippen molar-refractivity contribution >= 4 is 28.5 Å². The lowest BCUT2D eigenvalue weighted by Crippen LogP contribution is -2.25. The van der Waals surface area contributed by atoms with Crippen LogP contribution < -0.4 is 9.64 Å². The zero-order valence-electron chi connectivity index (χ0n) is 12.2. The molecule has 0 aliphatic carbocycles. The van der Waals surface area contributed by atoms with Gasteiger partial charge in [0.1, 0.15) is 12.4 Å². The number of ether oxygens (including phenoxy) is 2. The molecule has 1 aliphatic heterocycles. The summed E-state index contributed by atoms with van der Waals surface area (Å²) in [5.41, 5.74) is 0.755. The Morgan fingerprint density at radius 3 is 2.86 bits per heavy atom. The Balaban J connectivity index is 2.10. The number of amides is 1. The zero-order chi connectivity index (χ0) is 15.2. The minimum atomic E-state index is 0.0158. The smallest absolute Gasteiger partial charge is 0.228 e. The van der Waals surface area contributed by atoms with Gasteiger partial charge < -0.3 is 14.4 Å². The highest BCUT2D eigenvalue weighted by atomic mass is 32.2. The average molecular weight is 309 g/mol. The maximum absolute atomic E-state index is 12.2. The molecule has 1 saturated heterocycles. The van der Waals surface area contributed by atoms with Gasteiger partial charge in [-0.15, -0.1) is 0 Å². The quantitative estimate of drug-likeness (QED) is 0.753. The molecule has 0 aromatic heterocycles. The number of methoxy groups -OCH3 is 1. The van der Waals surface area contributed by atoms with Crippen LogP contribution >= 0.6 is 11.8 Å². The lowest BCUT2D eigenvalue weighted by Gasteiger charge is -2.20. The molecule has 1 amide bonds. The second kappa shape index (κ2) is 7.47. The Hall–Kier alpha value is -1.53. The third kappa shape index (κ3) is 4.22. The average Bonchev–Trinajstić information content (AvgIpc) is 2.79. The summed E-state index contributed by atoms with van der Waals surface area (Å²) in [4.78, 5) is 25.1. The third-order valence-corrected chi connectivity index (χ3v) is 4.10. The highest BCUT2D eigenvalue weighted by molar-refractivity contribution is 8.14. The molecule has 2 rings (SSSR count). The highest BCUT2D eigenvalue weighted by Gasteiger charge is 2.33. The van der Waals surface area contributed by atoms with Crippen molar-refractivity contribution in [3.8, 4) is 5.75 Å². The molecule has 0 N–H and O–H groups in total. The summed E-state index contributed by atoms with van der Waals surface area (Å²) in [5, 5.41) is 0.0568. The molecule has 1 heterocycles. The molecule has 0 spiro atoms. The van der Waals surface area contributed by atoms with E-state index < -0.39 is 0 Å². The molecule has 1 aromatic rings. The molecule has 1 atom stereocenters. The van der Waals surface area contributed by atoms with Crippen LogP contribution in [-0.2, 0) is 14.3 Å². The van der Waals surface area contributed by atoms with Crippen LogP contribution in [0.2, 0.25) is 0 Å². The first kappa shape index (κ1) is 15.9. The molecule has 21 heavy (non-hydrogen) atoms. The highest BCUT2D eigenvalue weighted by Crippen LogP contribution is 2.34. The first-order valence-electron chi connectivity index (χ1n) is 6.80. The second-order valence-electron chi connectivity index (χ2n) is 4.75. The zero-order valence-corrected chi connectivity index (χ0v) is 13.0. The first-order chi connectivity index (χ1) is 10.1. The lowest BCUT2D eigenvalue weighted by atomic mass is 10.2. The first-order valence-corrected chi connectivity index (χ1v) is 7.68. The van der Waals surface area contributed by atoms with Crippen LogP contribution in [0.1, 0.15) is 13.3 Å². The summed E-state index contributed by atoms with van der Waals surface area (Å²) in [6, 6.07) is 7.44. The number of para-hydroxylation sites is 2. The second-order valence-corrected chi connectivity index (χ2v) is 6.23. The molecule has 1 aliphatic rings. The van der Waals surface area contributed by atoms with Crippen LogP contribution in [0, 0.1) is 0 Å². The maximum atomic E-state index is 12.2. The van der Waals surface area contributed by atoms with Gasteiger partial charge in [-0.05, 0) is 12.1 Å². The number of anilines is 1. The van der Waals surface area contributed by atoms with Gasteiger partial charge in [0.15, 0.2) is 5.12 Å². The molecular weight excluding hydrogens is 290 g/mol. The van der Waals surface area contributed by atoms with Crippen LogP contribution in [-0.4, -0.2) is 43.1 Å². The predicted molar refractivity (Wildman–Crippen MR) is 82.8 cm³/mol. The molecule has 5 nitrogen and oxygen atoms in total. The van der Waals surface area contributed by atoms with Gasteiger partial charge in [-0.1, -0.05) is 23.9 Å². The van der Waals surface area contributed by atoms with Crippen LogP contribution in [0.4, 0.5) is 5.69 Å². The van der Waals surface area contributed by atoms with Crippen molar-refractivity contribution in [3.63, 3.8) is 0 Å². The molecule has 0 bridgehead atoms. The van der Waals surface area contributed by atoms with Gasteiger partial charge in [-0.2, -0.15) is 0 Å². The van der Waals surface area contributed by atoms with Crippen molar-refractivity contribution in [3.05, 3.63) is 24.3 Å². The number of rotatable bonds is 6. The van der Waals surface area contributed by atoms with E-state index in [1.54, 1.807) is 12.0 Å². The summed E-state index contributed by atoms with van der Waals surface area (Å²) >= 11 is 1.23. The van der Waals surface area contributed by atoms with Crippen LogP contribution in [0.3, 0.4) is 0 Å². The molecule has 114 valence electrons. The van der Waals surface area contributed by atoms with E-state index in [2.05, 4.69) is 0 Å². The van der Waals surface area contributed by atoms with Gasteiger partial charge in [-0.25, -0.2) is 0 Å². The van der Waals surface area contributed by atoms with Gasteiger partial charge in [0, 0.05) is 32.2 Å². The molecular formula is C15H19NO4S. The van der Waals surface area contributed by atoms with Crippen molar-refractivity contribution in [2.45, 2.75) is 18.6 Å². The number of hydrogen-bond donors (Lipinski definition) is 0.